The molecule has 0 spiro atoms. The fourth-order valence-corrected chi connectivity index (χ4v) is 3.69. The number of carboxylic acid groups (broad SMARTS) is 1. The lowest BCUT2D eigenvalue weighted by Crippen LogP contribution is -2.57. The smallest absolute Gasteiger partial charge is 0.328 e. The number of carbonyl (C=O) groups excluding carboxylic acids is 3. The largest absolute Gasteiger partial charge is 0.480 e. The number of carboxylic acids is 1. The molecular weight excluding hydrogens is 468 g/mol. The summed E-state index contributed by atoms with van der Waals surface area (Å²) in [5, 5.41) is 27.0. The fourth-order valence-electron chi connectivity index (χ4n) is 3.69. The number of rotatable bonds is 14. The third kappa shape index (κ3) is 8.04. The van der Waals surface area contributed by atoms with Gasteiger partial charge in [-0.15, -0.1) is 0 Å². The maximum Gasteiger partial charge on any atom is 0.328 e. The van der Waals surface area contributed by atoms with E-state index in [1.165, 1.54) is 13.8 Å². The number of aromatic nitrogens is 1. The van der Waals surface area contributed by atoms with Gasteiger partial charge in [-0.3, -0.25) is 14.4 Å². The van der Waals surface area contributed by atoms with E-state index < -0.39 is 54.0 Å². The number of benzene rings is 1. The van der Waals surface area contributed by atoms with Crippen LogP contribution in [0.4, 0.5) is 0 Å². The number of unbranched alkanes of at least 4 members (excludes halogenated alkanes) is 1. The van der Waals surface area contributed by atoms with Crippen molar-refractivity contribution >= 4 is 34.6 Å². The Morgan fingerprint density at radius 1 is 1.00 bits per heavy atom. The van der Waals surface area contributed by atoms with Crippen LogP contribution in [0.25, 0.3) is 10.9 Å². The predicted molar refractivity (Wildman–Crippen MR) is 134 cm³/mol. The lowest BCUT2D eigenvalue weighted by Gasteiger charge is -2.24. The molecule has 5 atom stereocenters. The van der Waals surface area contributed by atoms with Crippen LogP contribution in [-0.4, -0.2) is 75.7 Å². The molecule has 0 aliphatic heterocycles. The fraction of sp³-hybridized carbons (Fsp3) is 0.500. The molecule has 0 saturated carbocycles. The summed E-state index contributed by atoms with van der Waals surface area (Å²) in [4.78, 5) is 52.7. The number of aromatic amines is 1. The van der Waals surface area contributed by atoms with Crippen LogP contribution in [0.2, 0.25) is 0 Å². The van der Waals surface area contributed by atoms with E-state index in [0.29, 0.717) is 19.4 Å². The minimum absolute atomic E-state index is 0.122. The normalized spacial score (nSPS) is 15.4. The van der Waals surface area contributed by atoms with E-state index in [0.717, 1.165) is 22.9 Å². The lowest BCUT2D eigenvalue weighted by molar-refractivity contribution is -0.145. The molecule has 0 fully saturated rings. The van der Waals surface area contributed by atoms with E-state index in [1.807, 2.05) is 24.3 Å². The molecule has 0 aliphatic carbocycles. The number of hydrogen-bond donors (Lipinski definition) is 8. The zero-order valence-corrected chi connectivity index (χ0v) is 20.5. The highest BCUT2D eigenvalue weighted by atomic mass is 16.4. The molecule has 36 heavy (non-hydrogen) atoms. The number of para-hydroxylation sites is 1. The van der Waals surface area contributed by atoms with Crippen molar-refractivity contribution in [2.75, 3.05) is 6.54 Å². The Hall–Kier alpha value is -3.48. The van der Waals surface area contributed by atoms with Crippen molar-refractivity contribution in [3.63, 3.8) is 0 Å². The van der Waals surface area contributed by atoms with E-state index in [-0.39, 0.29) is 6.42 Å². The first-order valence-corrected chi connectivity index (χ1v) is 11.9. The molecule has 1 heterocycles. The van der Waals surface area contributed by atoms with Crippen LogP contribution in [0.5, 0.6) is 0 Å². The zero-order valence-electron chi connectivity index (χ0n) is 20.5. The van der Waals surface area contributed by atoms with Gasteiger partial charge < -0.3 is 42.6 Å². The maximum absolute atomic E-state index is 13.2. The molecule has 1 aromatic heterocycles. The first-order chi connectivity index (χ1) is 17.0. The predicted octanol–water partition coefficient (Wildman–Crippen LogP) is -0.894. The third-order valence-electron chi connectivity index (χ3n) is 5.84. The molecule has 5 unspecified atom stereocenters. The molecule has 0 saturated heterocycles. The van der Waals surface area contributed by atoms with Crippen molar-refractivity contribution in [2.24, 2.45) is 11.5 Å². The summed E-state index contributed by atoms with van der Waals surface area (Å²) in [6.45, 7) is 3.08. The Labute approximate surface area is 209 Å². The quantitative estimate of drug-likeness (QED) is 0.151. The molecule has 12 nitrogen and oxygen atoms in total. The number of H-pyrrole nitrogens is 1. The first kappa shape index (κ1) is 28.8. The van der Waals surface area contributed by atoms with Crippen molar-refractivity contribution in [3.8, 4) is 0 Å². The van der Waals surface area contributed by atoms with Crippen LogP contribution in [0.3, 0.4) is 0 Å². The Bertz CT molecular complexity index is 1050. The van der Waals surface area contributed by atoms with E-state index in [9.17, 15) is 29.4 Å². The summed E-state index contributed by atoms with van der Waals surface area (Å²) < 4.78 is 0. The van der Waals surface area contributed by atoms with Crippen LogP contribution in [0, 0.1) is 0 Å². The van der Waals surface area contributed by atoms with Crippen molar-refractivity contribution in [1.29, 1.82) is 0 Å². The highest BCUT2D eigenvalue weighted by Crippen LogP contribution is 2.19. The molecule has 0 radical (unpaired) electrons. The first-order valence-electron chi connectivity index (χ1n) is 11.9. The number of nitrogens with one attached hydrogen (secondary N) is 4. The number of aliphatic hydroxyl groups excluding tert-OH is 1. The second kappa shape index (κ2) is 13.6. The van der Waals surface area contributed by atoms with Gasteiger partial charge in [0.15, 0.2) is 6.04 Å². The molecule has 2 rings (SSSR count). The van der Waals surface area contributed by atoms with Gasteiger partial charge >= 0.3 is 5.97 Å². The average molecular weight is 505 g/mol. The van der Waals surface area contributed by atoms with Crippen LogP contribution in [-0.2, 0) is 25.6 Å². The Morgan fingerprint density at radius 2 is 1.69 bits per heavy atom. The summed E-state index contributed by atoms with van der Waals surface area (Å²) in [5.41, 5.74) is 13.1. The van der Waals surface area contributed by atoms with Crippen molar-refractivity contribution in [3.05, 3.63) is 36.0 Å². The van der Waals surface area contributed by atoms with Gasteiger partial charge in [-0.1, -0.05) is 24.6 Å². The van der Waals surface area contributed by atoms with E-state index >= 15 is 0 Å². The van der Waals surface area contributed by atoms with E-state index in [4.69, 9.17) is 11.5 Å². The van der Waals surface area contributed by atoms with Gasteiger partial charge in [0.1, 0.15) is 12.1 Å². The number of aliphatic hydroxyl groups is 1. The standard InChI is InChI=1S/C24H36N6O6/c1-13(21(32)30-20(14(2)31)24(35)36)28-23(34)19(29-22(33)17(26)8-5-6-10-25)11-15-12-27-18-9-4-3-7-16(15)18/h3-4,7,9,12-14,17,19-20,27,31H,5-6,8,10-11,25-26H2,1-2H3,(H,28,34)(H,29,33)(H,30,32)(H,35,36). The molecular formula is C24H36N6O6. The lowest BCUT2D eigenvalue weighted by atomic mass is 10.0. The molecule has 3 amide bonds. The SMILES string of the molecule is CC(NC(=O)C(Cc1c[nH]c2ccccc12)NC(=O)C(N)CCCCN)C(=O)NC(C(=O)O)C(C)O. The highest BCUT2D eigenvalue weighted by Gasteiger charge is 2.30. The molecule has 198 valence electrons. The zero-order chi connectivity index (χ0) is 26.8. The third-order valence-corrected chi connectivity index (χ3v) is 5.84. The van der Waals surface area contributed by atoms with E-state index in [2.05, 4.69) is 20.9 Å². The van der Waals surface area contributed by atoms with Gasteiger partial charge in [0.2, 0.25) is 17.7 Å². The van der Waals surface area contributed by atoms with Gasteiger partial charge in [0.05, 0.1) is 12.1 Å². The number of aliphatic carboxylic acids is 1. The number of amides is 3. The average Bonchev–Trinajstić information content (AvgIpc) is 3.24. The van der Waals surface area contributed by atoms with Crippen molar-refractivity contribution in [2.45, 2.75) is 69.8 Å². The Morgan fingerprint density at radius 3 is 2.33 bits per heavy atom. The summed E-state index contributed by atoms with van der Waals surface area (Å²) in [6.07, 6.45) is 2.31. The maximum atomic E-state index is 13.2. The monoisotopic (exact) mass is 504 g/mol. The minimum atomic E-state index is -1.54. The summed E-state index contributed by atoms with van der Waals surface area (Å²) >= 11 is 0. The molecule has 10 N–H and O–H groups in total. The Balaban J connectivity index is 2.16. The van der Waals surface area contributed by atoms with Gasteiger partial charge in [-0.2, -0.15) is 0 Å². The molecule has 0 aliphatic rings. The molecule has 2 aromatic rings. The van der Waals surface area contributed by atoms with Crippen LogP contribution < -0.4 is 27.4 Å². The summed E-state index contributed by atoms with van der Waals surface area (Å²) in [6, 6.07) is 2.92. The van der Waals surface area contributed by atoms with Gasteiger partial charge in [-0.05, 0) is 44.9 Å². The van der Waals surface area contributed by atoms with Crippen molar-refractivity contribution < 1.29 is 29.4 Å². The molecule has 1 aromatic carbocycles. The second-order valence-corrected chi connectivity index (χ2v) is 8.81. The van der Waals surface area contributed by atoms with Crippen LogP contribution >= 0.6 is 0 Å². The number of nitrogens with two attached hydrogens (primary N) is 2. The highest BCUT2D eigenvalue weighted by molar-refractivity contribution is 5.94. The Kier molecular flexibility index (Phi) is 10.8. The topological polar surface area (TPSA) is 213 Å². The van der Waals surface area contributed by atoms with Crippen molar-refractivity contribution in [1.82, 2.24) is 20.9 Å². The number of hydrogen-bond acceptors (Lipinski definition) is 7. The second-order valence-electron chi connectivity index (χ2n) is 8.81. The molecule has 12 heteroatoms. The van der Waals surface area contributed by atoms with Gasteiger partial charge in [-0.25, -0.2) is 4.79 Å². The van der Waals surface area contributed by atoms with Crippen LogP contribution in [0.1, 0.15) is 38.7 Å². The van der Waals surface area contributed by atoms with Gasteiger partial charge in [0.25, 0.3) is 0 Å². The number of fused-ring (bicyclic) bond motifs is 1. The van der Waals surface area contributed by atoms with E-state index in [1.54, 1.807) is 6.20 Å². The molecule has 0 bridgehead atoms. The number of carbonyl (C=O) groups is 4. The minimum Gasteiger partial charge on any atom is -0.480 e. The van der Waals surface area contributed by atoms with Gasteiger partial charge in [0, 0.05) is 23.5 Å². The van der Waals surface area contributed by atoms with Crippen LogP contribution in [0.15, 0.2) is 30.5 Å². The summed E-state index contributed by atoms with van der Waals surface area (Å²) in [7, 11) is 0. The summed E-state index contributed by atoms with van der Waals surface area (Å²) in [5.74, 6) is -3.36.